The van der Waals surface area contributed by atoms with Gasteiger partial charge in [0.05, 0.1) is 27.0 Å². The van der Waals surface area contributed by atoms with Gasteiger partial charge in [0.15, 0.2) is 11.5 Å². The van der Waals surface area contributed by atoms with Crippen LogP contribution in [0.3, 0.4) is 0 Å². The number of amides is 2. The molecule has 0 heterocycles. The summed E-state index contributed by atoms with van der Waals surface area (Å²) in [5.41, 5.74) is 1.37. The lowest BCUT2D eigenvalue weighted by molar-refractivity contribution is 0.251. The molecule has 7 heteroatoms. The second-order valence-electron chi connectivity index (χ2n) is 4.84. The molecular weight excluding hydrogens is 332 g/mol. The molecule has 128 valence electrons. The SMILES string of the molecule is COc1ccc(Cl)cc1NC(=O)NCc1ccc(OC)c(OC)c1. The first kappa shape index (κ1) is 17.7. The van der Waals surface area contributed by atoms with E-state index in [0.29, 0.717) is 34.5 Å². The summed E-state index contributed by atoms with van der Waals surface area (Å²) in [4.78, 5) is 12.1. The summed E-state index contributed by atoms with van der Waals surface area (Å²) < 4.78 is 15.6. The van der Waals surface area contributed by atoms with E-state index in [0.717, 1.165) is 5.56 Å². The van der Waals surface area contributed by atoms with Gasteiger partial charge in [-0.2, -0.15) is 0 Å². The second-order valence-corrected chi connectivity index (χ2v) is 5.28. The lowest BCUT2D eigenvalue weighted by Gasteiger charge is -2.12. The van der Waals surface area contributed by atoms with Crippen LogP contribution in [0, 0.1) is 0 Å². The lowest BCUT2D eigenvalue weighted by atomic mass is 10.2. The van der Waals surface area contributed by atoms with Gasteiger partial charge >= 0.3 is 6.03 Å². The zero-order valence-electron chi connectivity index (χ0n) is 13.7. The van der Waals surface area contributed by atoms with Crippen LogP contribution in [0.25, 0.3) is 0 Å². The van der Waals surface area contributed by atoms with E-state index in [-0.39, 0.29) is 6.03 Å². The number of halogens is 1. The molecule has 0 aliphatic rings. The van der Waals surface area contributed by atoms with E-state index >= 15 is 0 Å². The van der Waals surface area contributed by atoms with Crippen LogP contribution in [-0.2, 0) is 6.54 Å². The standard InChI is InChI=1S/C17H19ClN2O4/c1-22-14-7-5-12(18)9-13(14)20-17(21)19-10-11-4-6-15(23-2)16(8-11)24-3/h4-9H,10H2,1-3H3,(H2,19,20,21). The van der Waals surface area contributed by atoms with Gasteiger partial charge in [0.2, 0.25) is 0 Å². The highest BCUT2D eigenvalue weighted by molar-refractivity contribution is 6.31. The minimum atomic E-state index is -0.370. The predicted molar refractivity (Wildman–Crippen MR) is 93.4 cm³/mol. The normalized spacial score (nSPS) is 10.0. The first-order valence-corrected chi connectivity index (χ1v) is 7.54. The molecule has 0 spiro atoms. The average molecular weight is 351 g/mol. The fraction of sp³-hybridized carbons (Fsp3) is 0.235. The van der Waals surface area contributed by atoms with Crippen LogP contribution in [-0.4, -0.2) is 27.4 Å². The third-order valence-corrected chi connectivity index (χ3v) is 3.55. The van der Waals surface area contributed by atoms with E-state index in [4.69, 9.17) is 25.8 Å². The fourth-order valence-electron chi connectivity index (χ4n) is 2.12. The molecule has 0 radical (unpaired) electrons. The average Bonchev–Trinajstić information content (AvgIpc) is 2.59. The molecule has 0 aromatic heterocycles. The first-order chi connectivity index (χ1) is 11.6. The molecule has 24 heavy (non-hydrogen) atoms. The summed E-state index contributed by atoms with van der Waals surface area (Å²) >= 11 is 5.94. The molecule has 0 atom stereocenters. The minimum absolute atomic E-state index is 0.328. The van der Waals surface area contributed by atoms with Crippen LogP contribution in [0.1, 0.15) is 5.56 Å². The highest BCUT2D eigenvalue weighted by Gasteiger charge is 2.09. The Morgan fingerprint density at radius 1 is 0.958 bits per heavy atom. The van der Waals surface area contributed by atoms with Crippen molar-refractivity contribution in [2.45, 2.75) is 6.54 Å². The highest BCUT2D eigenvalue weighted by atomic mass is 35.5. The molecule has 2 amide bonds. The number of carbonyl (C=O) groups is 1. The monoisotopic (exact) mass is 350 g/mol. The Morgan fingerprint density at radius 3 is 2.29 bits per heavy atom. The van der Waals surface area contributed by atoms with Crippen molar-refractivity contribution in [3.63, 3.8) is 0 Å². The van der Waals surface area contributed by atoms with Crippen molar-refractivity contribution in [3.8, 4) is 17.2 Å². The van der Waals surface area contributed by atoms with E-state index in [9.17, 15) is 4.79 Å². The maximum atomic E-state index is 12.1. The zero-order chi connectivity index (χ0) is 17.5. The van der Waals surface area contributed by atoms with Gasteiger partial charge in [-0.3, -0.25) is 0 Å². The number of ether oxygens (including phenoxy) is 3. The quantitative estimate of drug-likeness (QED) is 0.833. The molecule has 0 saturated carbocycles. The maximum Gasteiger partial charge on any atom is 0.319 e. The van der Waals surface area contributed by atoms with Gasteiger partial charge in [0.25, 0.3) is 0 Å². The van der Waals surface area contributed by atoms with Crippen molar-refractivity contribution >= 4 is 23.3 Å². The molecule has 0 aliphatic heterocycles. The molecular formula is C17H19ClN2O4. The molecule has 0 aliphatic carbocycles. The number of methoxy groups -OCH3 is 3. The van der Waals surface area contributed by atoms with Crippen LogP contribution in [0.4, 0.5) is 10.5 Å². The second kappa shape index (κ2) is 8.31. The Morgan fingerprint density at radius 2 is 1.62 bits per heavy atom. The number of anilines is 1. The topological polar surface area (TPSA) is 68.8 Å². The van der Waals surface area contributed by atoms with Crippen molar-refractivity contribution in [1.82, 2.24) is 5.32 Å². The zero-order valence-corrected chi connectivity index (χ0v) is 14.4. The molecule has 0 fully saturated rings. The summed E-state index contributed by atoms with van der Waals surface area (Å²) in [7, 11) is 4.66. The number of hydrogen-bond donors (Lipinski definition) is 2. The van der Waals surface area contributed by atoms with Crippen molar-refractivity contribution in [3.05, 3.63) is 47.0 Å². The van der Waals surface area contributed by atoms with Crippen molar-refractivity contribution < 1.29 is 19.0 Å². The van der Waals surface area contributed by atoms with Crippen molar-refractivity contribution in [1.29, 1.82) is 0 Å². The molecule has 6 nitrogen and oxygen atoms in total. The Labute approximate surface area is 145 Å². The van der Waals surface area contributed by atoms with E-state index in [1.165, 1.54) is 7.11 Å². The van der Waals surface area contributed by atoms with Gasteiger partial charge in [0.1, 0.15) is 5.75 Å². The first-order valence-electron chi connectivity index (χ1n) is 7.16. The van der Waals surface area contributed by atoms with Gasteiger partial charge in [-0.25, -0.2) is 4.79 Å². The van der Waals surface area contributed by atoms with Crippen LogP contribution >= 0.6 is 11.6 Å². The summed E-state index contributed by atoms with van der Waals surface area (Å²) in [6.07, 6.45) is 0. The number of benzene rings is 2. The molecule has 2 rings (SSSR count). The number of rotatable bonds is 6. The van der Waals surface area contributed by atoms with E-state index in [2.05, 4.69) is 10.6 Å². The van der Waals surface area contributed by atoms with Crippen LogP contribution < -0.4 is 24.8 Å². The summed E-state index contributed by atoms with van der Waals surface area (Å²) in [5.74, 6) is 1.77. The number of urea groups is 1. The largest absolute Gasteiger partial charge is 0.495 e. The molecule has 2 aromatic carbocycles. The van der Waals surface area contributed by atoms with Gasteiger partial charge in [-0.15, -0.1) is 0 Å². The van der Waals surface area contributed by atoms with Crippen LogP contribution in [0.15, 0.2) is 36.4 Å². The summed E-state index contributed by atoms with van der Waals surface area (Å²) in [6, 6.07) is 10.1. The van der Waals surface area contributed by atoms with Crippen LogP contribution in [0.2, 0.25) is 5.02 Å². The minimum Gasteiger partial charge on any atom is -0.495 e. The predicted octanol–water partition coefficient (Wildman–Crippen LogP) is 3.69. The van der Waals surface area contributed by atoms with Crippen LogP contribution in [0.5, 0.6) is 17.2 Å². The summed E-state index contributed by atoms with van der Waals surface area (Å²) in [6.45, 7) is 0.328. The highest BCUT2D eigenvalue weighted by Crippen LogP contribution is 2.28. The van der Waals surface area contributed by atoms with E-state index < -0.39 is 0 Å². The Kier molecular flexibility index (Phi) is 6.14. The molecule has 2 aromatic rings. The van der Waals surface area contributed by atoms with Gasteiger partial charge < -0.3 is 24.8 Å². The Balaban J connectivity index is 2.00. The Bertz CT molecular complexity index is 722. The van der Waals surface area contributed by atoms with Crippen molar-refractivity contribution in [2.75, 3.05) is 26.6 Å². The molecule has 0 bridgehead atoms. The fourth-order valence-corrected chi connectivity index (χ4v) is 2.29. The lowest BCUT2D eigenvalue weighted by Crippen LogP contribution is -2.28. The molecule has 0 unspecified atom stereocenters. The summed E-state index contributed by atoms with van der Waals surface area (Å²) in [5, 5.41) is 5.98. The molecule has 2 N–H and O–H groups in total. The third-order valence-electron chi connectivity index (χ3n) is 3.31. The van der Waals surface area contributed by atoms with Gasteiger partial charge in [-0.05, 0) is 35.9 Å². The number of hydrogen-bond acceptors (Lipinski definition) is 4. The molecule has 0 saturated heterocycles. The van der Waals surface area contributed by atoms with E-state index in [1.807, 2.05) is 6.07 Å². The Hall–Kier alpha value is -2.60. The maximum absolute atomic E-state index is 12.1. The van der Waals surface area contributed by atoms with E-state index in [1.54, 1.807) is 44.6 Å². The van der Waals surface area contributed by atoms with Gasteiger partial charge in [0, 0.05) is 11.6 Å². The third kappa shape index (κ3) is 4.45. The van der Waals surface area contributed by atoms with Gasteiger partial charge in [-0.1, -0.05) is 17.7 Å². The smallest absolute Gasteiger partial charge is 0.319 e. The number of carbonyl (C=O) groups excluding carboxylic acids is 1. The number of nitrogens with one attached hydrogen (secondary N) is 2. The van der Waals surface area contributed by atoms with Crippen molar-refractivity contribution in [2.24, 2.45) is 0 Å².